The minimum absolute atomic E-state index is 0.611. The number of unbranched alkanes of at least 4 members (excludes halogenated alkanes) is 6. The molecule has 0 bridgehead atoms. The second-order valence-electron chi connectivity index (χ2n) is 6.35. The molecule has 0 unspecified atom stereocenters. The maximum atomic E-state index is 5.72. The molecular formula is C23H42O4. The molecule has 4 nitrogen and oxygen atoms in total. The average molecular weight is 383 g/mol. The molecule has 0 aliphatic heterocycles. The van der Waals surface area contributed by atoms with E-state index < -0.39 is 5.97 Å². The summed E-state index contributed by atoms with van der Waals surface area (Å²) in [4.78, 5) is 0. The van der Waals surface area contributed by atoms with Gasteiger partial charge in [-0.2, -0.15) is 0 Å². The summed E-state index contributed by atoms with van der Waals surface area (Å²) < 4.78 is 22.2. The number of rotatable bonds is 16. The summed E-state index contributed by atoms with van der Waals surface area (Å²) in [5, 5.41) is 0. The summed E-state index contributed by atoms with van der Waals surface area (Å²) >= 11 is 0. The summed E-state index contributed by atoms with van der Waals surface area (Å²) in [6.45, 7) is 8.66. The molecule has 0 aliphatic carbocycles. The predicted octanol–water partition coefficient (Wildman–Crippen LogP) is 6.20. The van der Waals surface area contributed by atoms with Crippen molar-refractivity contribution in [3.8, 4) is 0 Å². The van der Waals surface area contributed by atoms with Gasteiger partial charge in [-0.1, -0.05) is 68.5 Å². The number of hydrogen-bond donors (Lipinski definition) is 0. The summed E-state index contributed by atoms with van der Waals surface area (Å²) in [6, 6.07) is 12.0. The Balaban J connectivity index is 0.000000941. The molecule has 158 valence electrons. The van der Waals surface area contributed by atoms with Gasteiger partial charge in [-0.25, -0.2) is 0 Å². The second kappa shape index (κ2) is 19.8. The van der Waals surface area contributed by atoms with E-state index in [1.165, 1.54) is 38.5 Å². The van der Waals surface area contributed by atoms with E-state index in [1.807, 2.05) is 57.2 Å². The van der Waals surface area contributed by atoms with Gasteiger partial charge in [0, 0.05) is 40.0 Å². The fraction of sp³-hybridized carbons (Fsp3) is 0.739. The molecule has 0 saturated carbocycles. The van der Waals surface area contributed by atoms with Gasteiger partial charge in [0.1, 0.15) is 0 Å². The highest BCUT2D eigenvalue weighted by Crippen LogP contribution is 2.24. The van der Waals surface area contributed by atoms with Crippen molar-refractivity contribution in [2.75, 3.05) is 33.5 Å². The van der Waals surface area contributed by atoms with Crippen molar-refractivity contribution in [1.29, 1.82) is 0 Å². The van der Waals surface area contributed by atoms with Crippen LogP contribution in [-0.4, -0.2) is 39.5 Å². The molecule has 0 fully saturated rings. The first-order valence-electron chi connectivity index (χ1n) is 10.7. The number of methoxy groups -OCH3 is 1. The second-order valence-corrected chi connectivity index (χ2v) is 6.35. The Kier molecular flexibility index (Phi) is 19.1. The molecule has 0 saturated heterocycles. The zero-order chi connectivity index (χ0) is 20.1. The smallest absolute Gasteiger partial charge is 0.282 e. The summed E-state index contributed by atoms with van der Waals surface area (Å²) in [5.41, 5.74) is 0. The van der Waals surface area contributed by atoms with Crippen molar-refractivity contribution in [3.05, 3.63) is 36.4 Å². The summed E-state index contributed by atoms with van der Waals surface area (Å²) in [5.74, 6) is -0.823. The highest BCUT2D eigenvalue weighted by atomic mass is 16.9. The normalized spacial score (nSPS) is 11.1. The lowest BCUT2D eigenvalue weighted by atomic mass is 10.1. The average Bonchev–Trinajstić information content (AvgIpc) is 2.69. The zero-order valence-corrected chi connectivity index (χ0v) is 18.1. The molecule has 0 aliphatic rings. The van der Waals surface area contributed by atoms with Crippen LogP contribution in [0.1, 0.15) is 72.1 Å². The Hall–Kier alpha value is -0.940. The Morgan fingerprint density at radius 3 is 1.30 bits per heavy atom. The van der Waals surface area contributed by atoms with Crippen LogP contribution in [-0.2, 0) is 18.9 Å². The third kappa shape index (κ3) is 15.8. The van der Waals surface area contributed by atoms with Gasteiger partial charge in [0.2, 0.25) is 0 Å². The molecule has 0 heterocycles. The SMILES string of the molecule is CCOC(CCCCCCCCCOC)(OCC)OCC.c1ccccc1. The first-order valence-corrected chi connectivity index (χ1v) is 10.7. The molecule has 1 aromatic carbocycles. The molecular weight excluding hydrogens is 340 g/mol. The Bertz CT molecular complexity index is 339. The molecule has 0 N–H and O–H groups in total. The van der Waals surface area contributed by atoms with E-state index in [0.29, 0.717) is 19.8 Å². The van der Waals surface area contributed by atoms with Gasteiger partial charge < -0.3 is 18.9 Å². The van der Waals surface area contributed by atoms with E-state index in [1.54, 1.807) is 7.11 Å². The van der Waals surface area contributed by atoms with Gasteiger partial charge in [0.15, 0.2) is 0 Å². The quantitative estimate of drug-likeness (QED) is 0.252. The Morgan fingerprint density at radius 2 is 0.926 bits per heavy atom. The van der Waals surface area contributed by atoms with Crippen LogP contribution >= 0.6 is 0 Å². The van der Waals surface area contributed by atoms with Gasteiger partial charge in [0.05, 0.1) is 0 Å². The van der Waals surface area contributed by atoms with Gasteiger partial charge in [-0.05, 0) is 33.6 Å². The standard InChI is InChI=1S/C17H36O4.C6H6/c1-5-19-17(20-6-2,21-7-3)15-13-11-9-8-10-12-14-16-18-4;1-2-4-6-5-3-1/h5-16H2,1-4H3;1-6H. The Morgan fingerprint density at radius 1 is 0.556 bits per heavy atom. The van der Waals surface area contributed by atoms with Crippen LogP contribution in [0.2, 0.25) is 0 Å². The van der Waals surface area contributed by atoms with Crippen LogP contribution in [0, 0.1) is 0 Å². The topological polar surface area (TPSA) is 36.9 Å². The fourth-order valence-corrected chi connectivity index (χ4v) is 2.86. The molecule has 0 spiro atoms. The van der Waals surface area contributed by atoms with Crippen LogP contribution in [0.4, 0.5) is 0 Å². The first-order chi connectivity index (χ1) is 13.2. The zero-order valence-electron chi connectivity index (χ0n) is 18.1. The van der Waals surface area contributed by atoms with E-state index in [4.69, 9.17) is 18.9 Å². The minimum Gasteiger partial charge on any atom is -0.385 e. The molecule has 0 aromatic heterocycles. The van der Waals surface area contributed by atoms with E-state index in [0.717, 1.165) is 19.4 Å². The van der Waals surface area contributed by atoms with Crippen molar-refractivity contribution in [2.24, 2.45) is 0 Å². The molecule has 0 atom stereocenters. The van der Waals surface area contributed by atoms with Gasteiger partial charge >= 0.3 is 0 Å². The fourth-order valence-electron chi connectivity index (χ4n) is 2.86. The van der Waals surface area contributed by atoms with E-state index in [-0.39, 0.29) is 0 Å². The van der Waals surface area contributed by atoms with Crippen LogP contribution in [0.25, 0.3) is 0 Å². The molecule has 0 radical (unpaired) electrons. The largest absolute Gasteiger partial charge is 0.385 e. The Labute approximate surface area is 167 Å². The molecule has 0 amide bonds. The molecule has 4 heteroatoms. The predicted molar refractivity (Wildman–Crippen MR) is 113 cm³/mol. The summed E-state index contributed by atoms with van der Waals surface area (Å²) in [7, 11) is 1.77. The van der Waals surface area contributed by atoms with Crippen LogP contribution < -0.4 is 0 Å². The van der Waals surface area contributed by atoms with Gasteiger partial charge in [-0.15, -0.1) is 0 Å². The van der Waals surface area contributed by atoms with Gasteiger partial charge in [-0.3, -0.25) is 0 Å². The molecule has 27 heavy (non-hydrogen) atoms. The third-order valence-electron chi connectivity index (χ3n) is 4.09. The van der Waals surface area contributed by atoms with E-state index in [2.05, 4.69) is 0 Å². The lowest BCUT2D eigenvalue weighted by Gasteiger charge is -2.32. The maximum Gasteiger partial charge on any atom is 0.282 e. The highest BCUT2D eigenvalue weighted by molar-refractivity contribution is 4.99. The summed E-state index contributed by atoms with van der Waals surface area (Å²) in [6.07, 6.45) is 9.43. The van der Waals surface area contributed by atoms with Crippen molar-refractivity contribution >= 4 is 0 Å². The minimum atomic E-state index is -0.823. The molecule has 1 rings (SSSR count). The van der Waals surface area contributed by atoms with E-state index in [9.17, 15) is 0 Å². The lowest BCUT2D eigenvalue weighted by Crippen LogP contribution is -2.39. The van der Waals surface area contributed by atoms with Crippen molar-refractivity contribution < 1.29 is 18.9 Å². The molecule has 1 aromatic rings. The van der Waals surface area contributed by atoms with Crippen LogP contribution in [0.15, 0.2) is 36.4 Å². The number of benzene rings is 1. The first kappa shape index (κ1) is 26.1. The number of hydrogen-bond acceptors (Lipinski definition) is 4. The van der Waals surface area contributed by atoms with Crippen molar-refractivity contribution in [1.82, 2.24) is 0 Å². The van der Waals surface area contributed by atoms with Gasteiger partial charge in [0.25, 0.3) is 5.97 Å². The number of ether oxygens (including phenoxy) is 4. The lowest BCUT2D eigenvalue weighted by molar-refractivity contribution is -0.380. The van der Waals surface area contributed by atoms with E-state index >= 15 is 0 Å². The van der Waals surface area contributed by atoms with Crippen LogP contribution in [0.5, 0.6) is 0 Å². The van der Waals surface area contributed by atoms with Crippen molar-refractivity contribution in [2.45, 2.75) is 78.1 Å². The monoisotopic (exact) mass is 382 g/mol. The van der Waals surface area contributed by atoms with Crippen molar-refractivity contribution in [3.63, 3.8) is 0 Å². The highest BCUT2D eigenvalue weighted by Gasteiger charge is 2.31. The third-order valence-corrected chi connectivity index (χ3v) is 4.09. The maximum absolute atomic E-state index is 5.72. The van der Waals surface area contributed by atoms with Crippen LogP contribution in [0.3, 0.4) is 0 Å².